The van der Waals surface area contributed by atoms with E-state index in [1.807, 2.05) is 17.9 Å². The number of carbonyl (C=O) groups is 1. The highest BCUT2D eigenvalue weighted by Crippen LogP contribution is 2.09. The molecule has 1 aliphatic heterocycles. The Balaban J connectivity index is 1.73. The summed E-state index contributed by atoms with van der Waals surface area (Å²) < 4.78 is 0. The fraction of sp³-hybridized carbons (Fsp3) is 0.583. The van der Waals surface area contributed by atoms with E-state index in [1.165, 1.54) is 0 Å². The smallest absolute Gasteiger partial charge is 0.224 e. The fourth-order valence-corrected chi connectivity index (χ4v) is 1.97. The van der Waals surface area contributed by atoms with Crippen molar-refractivity contribution in [1.29, 1.82) is 0 Å². The van der Waals surface area contributed by atoms with E-state index in [0.29, 0.717) is 13.0 Å². The van der Waals surface area contributed by atoms with Crippen LogP contribution in [0.25, 0.3) is 0 Å². The van der Waals surface area contributed by atoms with Crippen molar-refractivity contribution >= 4 is 11.7 Å². The highest BCUT2D eigenvalue weighted by molar-refractivity contribution is 5.76. The van der Waals surface area contributed by atoms with E-state index >= 15 is 0 Å². The van der Waals surface area contributed by atoms with Gasteiger partial charge in [-0.3, -0.25) is 4.79 Å². The molecule has 0 radical (unpaired) electrons. The Hall–Kier alpha value is -1.65. The van der Waals surface area contributed by atoms with Crippen molar-refractivity contribution in [3.8, 4) is 0 Å². The van der Waals surface area contributed by atoms with Crippen LogP contribution in [0.4, 0.5) is 5.82 Å². The van der Waals surface area contributed by atoms with Crippen LogP contribution in [0, 0.1) is 6.92 Å². The first kappa shape index (κ1) is 11.8. The zero-order valence-corrected chi connectivity index (χ0v) is 10.1. The number of hydrogen-bond acceptors (Lipinski definition) is 4. The Kier molecular flexibility index (Phi) is 3.90. The Morgan fingerprint density at radius 2 is 2.24 bits per heavy atom. The van der Waals surface area contributed by atoms with Crippen LogP contribution in [0.15, 0.2) is 12.3 Å². The van der Waals surface area contributed by atoms with Crippen LogP contribution in [0.2, 0.25) is 0 Å². The molecule has 2 rings (SSSR count). The zero-order valence-electron chi connectivity index (χ0n) is 10.1. The van der Waals surface area contributed by atoms with Crippen LogP contribution in [-0.2, 0) is 4.79 Å². The van der Waals surface area contributed by atoms with Crippen LogP contribution >= 0.6 is 0 Å². The maximum Gasteiger partial charge on any atom is 0.224 e. The van der Waals surface area contributed by atoms with Gasteiger partial charge in [-0.1, -0.05) is 0 Å². The average Bonchev–Trinajstić information content (AvgIpc) is 2.82. The van der Waals surface area contributed by atoms with Gasteiger partial charge in [-0.2, -0.15) is 5.10 Å². The minimum atomic E-state index is 0.232. The molecule has 2 heterocycles. The number of anilines is 1. The molecule has 1 N–H and O–H groups in total. The standard InChI is InChI=1S/C12H18N4O/c1-10-8-11(15-14-9-10)13-5-4-12(17)16-6-2-3-7-16/h8-9H,2-7H2,1H3,(H,13,15). The summed E-state index contributed by atoms with van der Waals surface area (Å²) in [6.45, 7) is 4.43. The monoisotopic (exact) mass is 234 g/mol. The molecule has 5 heteroatoms. The number of aromatic nitrogens is 2. The zero-order chi connectivity index (χ0) is 12.1. The number of amides is 1. The number of nitrogens with zero attached hydrogens (tertiary/aromatic N) is 3. The Bertz CT molecular complexity index is 388. The molecule has 5 nitrogen and oxygen atoms in total. The number of nitrogens with one attached hydrogen (secondary N) is 1. The summed E-state index contributed by atoms with van der Waals surface area (Å²) in [5.74, 6) is 0.967. The fourth-order valence-electron chi connectivity index (χ4n) is 1.97. The lowest BCUT2D eigenvalue weighted by Gasteiger charge is -2.15. The highest BCUT2D eigenvalue weighted by Gasteiger charge is 2.16. The van der Waals surface area contributed by atoms with Gasteiger partial charge in [0.25, 0.3) is 0 Å². The van der Waals surface area contributed by atoms with E-state index < -0.39 is 0 Å². The SMILES string of the molecule is Cc1cnnc(NCCC(=O)N2CCCC2)c1. The Morgan fingerprint density at radius 3 is 2.94 bits per heavy atom. The first-order valence-electron chi connectivity index (χ1n) is 6.07. The van der Waals surface area contributed by atoms with Crippen molar-refractivity contribution in [2.45, 2.75) is 26.2 Å². The van der Waals surface area contributed by atoms with Gasteiger partial charge in [-0.15, -0.1) is 5.10 Å². The lowest BCUT2D eigenvalue weighted by atomic mass is 10.3. The molecule has 92 valence electrons. The molecule has 0 aliphatic carbocycles. The van der Waals surface area contributed by atoms with Gasteiger partial charge in [0.05, 0.1) is 6.20 Å². The maximum atomic E-state index is 11.8. The third kappa shape index (κ3) is 3.41. The first-order valence-corrected chi connectivity index (χ1v) is 6.07. The molecule has 0 spiro atoms. The molecule has 0 bridgehead atoms. The van der Waals surface area contributed by atoms with Gasteiger partial charge in [-0.25, -0.2) is 0 Å². The third-order valence-corrected chi connectivity index (χ3v) is 2.89. The highest BCUT2D eigenvalue weighted by atomic mass is 16.2. The molecule has 0 aromatic carbocycles. The summed E-state index contributed by atoms with van der Waals surface area (Å²) in [7, 11) is 0. The van der Waals surface area contributed by atoms with Crippen LogP contribution in [0.3, 0.4) is 0 Å². The lowest BCUT2D eigenvalue weighted by molar-refractivity contribution is -0.129. The van der Waals surface area contributed by atoms with Gasteiger partial charge in [-0.05, 0) is 31.4 Å². The summed E-state index contributed by atoms with van der Waals surface area (Å²) in [6.07, 6.45) is 4.52. The van der Waals surface area contributed by atoms with Crippen LogP contribution in [0.1, 0.15) is 24.8 Å². The quantitative estimate of drug-likeness (QED) is 0.850. The van der Waals surface area contributed by atoms with E-state index in [-0.39, 0.29) is 5.91 Å². The normalized spacial score (nSPS) is 15.0. The van der Waals surface area contributed by atoms with Crippen LogP contribution < -0.4 is 5.32 Å². The predicted octanol–water partition coefficient (Wildman–Crippen LogP) is 1.21. The molecule has 1 fully saturated rings. The Morgan fingerprint density at radius 1 is 1.47 bits per heavy atom. The summed E-state index contributed by atoms with van der Waals surface area (Å²) in [5.41, 5.74) is 1.06. The van der Waals surface area contributed by atoms with Crippen LogP contribution in [-0.4, -0.2) is 40.6 Å². The molecule has 1 amide bonds. The minimum absolute atomic E-state index is 0.232. The molecule has 1 aromatic heterocycles. The van der Waals surface area contributed by atoms with E-state index in [4.69, 9.17) is 0 Å². The van der Waals surface area contributed by atoms with Crippen molar-refractivity contribution in [1.82, 2.24) is 15.1 Å². The second-order valence-electron chi connectivity index (χ2n) is 4.38. The second kappa shape index (κ2) is 5.61. The van der Waals surface area contributed by atoms with Gasteiger partial charge in [0.15, 0.2) is 0 Å². The van der Waals surface area contributed by atoms with Gasteiger partial charge in [0.2, 0.25) is 5.91 Å². The molecule has 1 aromatic rings. The summed E-state index contributed by atoms with van der Waals surface area (Å²) >= 11 is 0. The number of likely N-dealkylation sites (tertiary alicyclic amines) is 1. The minimum Gasteiger partial charge on any atom is -0.368 e. The summed E-state index contributed by atoms with van der Waals surface area (Å²) in [4.78, 5) is 13.7. The first-order chi connectivity index (χ1) is 8.25. The molecule has 1 saturated heterocycles. The predicted molar refractivity (Wildman–Crippen MR) is 65.7 cm³/mol. The van der Waals surface area contributed by atoms with Gasteiger partial charge >= 0.3 is 0 Å². The van der Waals surface area contributed by atoms with E-state index in [2.05, 4.69) is 15.5 Å². The molecule has 0 atom stereocenters. The van der Waals surface area contributed by atoms with Crippen molar-refractivity contribution in [2.75, 3.05) is 25.0 Å². The topological polar surface area (TPSA) is 58.1 Å². The summed E-state index contributed by atoms with van der Waals surface area (Å²) in [5, 5.41) is 10.9. The number of carbonyl (C=O) groups excluding carboxylic acids is 1. The molecular weight excluding hydrogens is 216 g/mol. The number of aryl methyl sites for hydroxylation is 1. The van der Waals surface area contributed by atoms with E-state index in [9.17, 15) is 4.79 Å². The Labute approximate surface area is 101 Å². The number of hydrogen-bond donors (Lipinski definition) is 1. The third-order valence-electron chi connectivity index (χ3n) is 2.89. The van der Waals surface area contributed by atoms with Crippen molar-refractivity contribution in [2.24, 2.45) is 0 Å². The largest absolute Gasteiger partial charge is 0.368 e. The van der Waals surface area contributed by atoms with Gasteiger partial charge in [0.1, 0.15) is 5.82 Å². The van der Waals surface area contributed by atoms with Gasteiger partial charge < -0.3 is 10.2 Å². The second-order valence-corrected chi connectivity index (χ2v) is 4.38. The van der Waals surface area contributed by atoms with Crippen molar-refractivity contribution in [3.05, 3.63) is 17.8 Å². The van der Waals surface area contributed by atoms with Crippen molar-refractivity contribution in [3.63, 3.8) is 0 Å². The molecule has 1 aliphatic rings. The number of rotatable bonds is 4. The molecule has 17 heavy (non-hydrogen) atoms. The van der Waals surface area contributed by atoms with Crippen molar-refractivity contribution < 1.29 is 4.79 Å². The van der Waals surface area contributed by atoms with Crippen LogP contribution in [0.5, 0.6) is 0 Å². The molecule has 0 saturated carbocycles. The average molecular weight is 234 g/mol. The summed E-state index contributed by atoms with van der Waals surface area (Å²) in [6, 6.07) is 1.92. The molecular formula is C12H18N4O. The molecule has 0 unspecified atom stereocenters. The van der Waals surface area contributed by atoms with E-state index in [0.717, 1.165) is 37.3 Å². The van der Waals surface area contributed by atoms with Gasteiger partial charge in [0, 0.05) is 26.1 Å². The van der Waals surface area contributed by atoms with E-state index in [1.54, 1.807) is 6.20 Å². The lowest BCUT2D eigenvalue weighted by Crippen LogP contribution is -2.29. The maximum absolute atomic E-state index is 11.8.